The normalized spacial score (nSPS) is 17.9. The quantitative estimate of drug-likeness (QED) is 0.777. The van der Waals surface area contributed by atoms with Crippen molar-refractivity contribution in [3.05, 3.63) is 65.7 Å². The number of carbonyl (C=O) groups excluding carboxylic acids is 2. The number of hydrogen-bond acceptors (Lipinski definition) is 4. The average molecular weight is 423 g/mol. The third-order valence-electron chi connectivity index (χ3n) is 5.87. The predicted octanol–water partition coefficient (Wildman–Crippen LogP) is 2.95. The molecule has 2 aromatic rings. The van der Waals surface area contributed by atoms with Crippen molar-refractivity contribution < 1.29 is 14.3 Å². The standard InChI is InChI=1S/C24H30N4O3/c29-23(25-22-10-12-27(13-11-22)18-19-4-2-1-3-5-19)20-6-8-21(9-7-20)26-24(30)28-14-16-31-17-15-28/h1-9,22H,10-18H2,(H,25,29)(H,26,30). The van der Waals surface area contributed by atoms with Crippen molar-refractivity contribution in [2.24, 2.45) is 0 Å². The highest BCUT2D eigenvalue weighted by Crippen LogP contribution is 2.16. The second-order valence-corrected chi connectivity index (χ2v) is 8.12. The van der Waals surface area contributed by atoms with Crippen molar-refractivity contribution in [1.29, 1.82) is 0 Å². The molecule has 4 rings (SSSR count). The lowest BCUT2D eigenvalue weighted by atomic mass is 10.0. The molecule has 0 unspecified atom stereocenters. The van der Waals surface area contributed by atoms with Gasteiger partial charge in [0.25, 0.3) is 5.91 Å². The third-order valence-corrected chi connectivity index (χ3v) is 5.87. The summed E-state index contributed by atoms with van der Waals surface area (Å²) in [6.07, 6.45) is 1.90. The van der Waals surface area contributed by atoms with Crippen LogP contribution in [0.2, 0.25) is 0 Å². The Labute approximate surface area is 183 Å². The second-order valence-electron chi connectivity index (χ2n) is 8.12. The Hall–Kier alpha value is -2.90. The van der Waals surface area contributed by atoms with Crippen LogP contribution in [0.1, 0.15) is 28.8 Å². The van der Waals surface area contributed by atoms with Gasteiger partial charge in [-0.25, -0.2) is 4.79 Å². The number of ether oxygens (including phenoxy) is 1. The van der Waals surface area contributed by atoms with Gasteiger partial charge in [-0.05, 0) is 42.7 Å². The summed E-state index contributed by atoms with van der Waals surface area (Å²) in [4.78, 5) is 29.1. The summed E-state index contributed by atoms with van der Waals surface area (Å²) >= 11 is 0. The monoisotopic (exact) mass is 422 g/mol. The van der Waals surface area contributed by atoms with E-state index < -0.39 is 0 Å². The summed E-state index contributed by atoms with van der Waals surface area (Å²) in [5.41, 5.74) is 2.61. The van der Waals surface area contributed by atoms with Crippen LogP contribution in [-0.2, 0) is 11.3 Å². The lowest BCUT2D eigenvalue weighted by Gasteiger charge is -2.32. The number of carbonyl (C=O) groups is 2. The van der Waals surface area contributed by atoms with Gasteiger partial charge in [0.05, 0.1) is 13.2 Å². The molecular weight excluding hydrogens is 392 g/mol. The molecule has 0 aliphatic carbocycles. The minimum Gasteiger partial charge on any atom is -0.378 e. The number of piperidine rings is 1. The van der Waals surface area contributed by atoms with Crippen molar-refractivity contribution in [2.75, 3.05) is 44.7 Å². The van der Waals surface area contributed by atoms with Crippen LogP contribution in [0.4, 0.5) is 10.5 Å². The molecule has 0 aromatic heterocycles. The van der Waals surface area contributed by atoms with Crippen LogP contribution in [0.5, 0.6) is 0 Å². The molecule has 2 N–H and O–H groups in total. The van der Waals surface area contributed by atoms with Gasteiger partial charge in [0.15, 0.2) is 0 Å². The van der Waals surface area contributed by atoms with Crippen LogP contribution in [0.15, 0.2) is 54.6 Å². The molecule has 7 heteroatoms. The lowest BCUT2D eigenvalue weighted by Crippen LogP contribution is -2.44. The molecule has 31 heavy (non-hydrogen) atoms. The molecule has 2 fully saturated rings. The van der Waals surface area contributed by atoms with Gasteiger partial charge in [-0.2, -0.15) is 0 Å². The van der Waals surface area contributed by atoms with Crippen molar-refractivity contribution in [3.8, 4) is 0 Å². The topological polar surface area (TPSA) is 73.9 Å². The van der Waals surface area contributed by atoms with Crippen molar-refractivity contribution >= 4 is 17.6 Å². The van der Waals surface area contributed by atoms with Crippen LogP contribution in [0.3, 0.4) is 0 Å². The molecular formula is C24H30N4O3. The largest absolute Gasteiger partial charge is 0.378 e. The van der Waals surface area contributed by atoms with Gasteiger partial charge in [-0.1, -0.05) is 30.3 Å². The van der Waals surface area contributed by atoms with Crippen LogP contribution >= 0.6 is 0 Å². The Morgan fingerprint density at radius 1 is 0.903 bits per heavy atom. The van der Waals surface area contributed by atoms with E-state index in [1.165, 1.54) is 5.56 Å². The first-order valence-corrected chi connectivity index (χ1v) is 11.0. The molecule has 0 bridgehead atoms. The average Bonchev–Trinajstić information content (AvgIpc) is 2.82. The summed E-state index contributed by atoms with van der Waals surface area (Å²) in [5, 5.41) is 6.03. The lowest BCUT2D eigenvalue weighted by molar-refractivity contribution is 0.0564. The molecule has 0 atom stereocenters. The molecule has 2 saturated heterocycles. The van der Waals surface area contributed by atoms with Gasteiger partial charge in [-0.3, -0.25) is 9.69 Å². The highest BCUT2D eigenvalue weighted by molar-refractivity contribution is 5.95. The fourth-order valence-corrected chi connectivity index (χ4v) is 4.02. The second kappa shape index (κ2) is 10.4. The highest BCUT2D eigenvalue weighted by Gasteiger charge is 2.21. The van der Waals surface area contributed by atoms with Gasteiger partial charge in [0.1, 0.15) is 0 Å². The first kappa shape index (κ1) is 21.3. The Morgan fingerprint density at radius 2 is 1.58 bits per heavy atom. The van der Waals surface area contributed by atoms with Crippen LogP contribution in [0.25, 0.3) is 0 Å². The molecule has 164 valence electrons. The Balaban J connectivity index is 1.22. The Morgan fingerprint density at radius 3 is 2.26 bits per heavy atom. The Bertz CT molecular complexity index is 858. The molecule has 7 nitrogen and oxygen atoms in total. The summed E-state index contributed by atoms with van der Waals surface area (Å²) < 4.78 is 5.27. The highest BCUT2D eigenvalue weighted by atomic mass is 16.5. The van der Waals surface area contributed by atoms with Crippen molar-refractivity contribution in [3.63, 3.8) is 0 Å². The van der Waals surface area contributed by atoms with E-state index in [1.54, 1.807) is 29.2 Å². The van der Waals surface area contributed by atoms with E-state index in [-0.39, 0.29) is 18.0 Å². The fourth-order valence-electron chi connectivity index (χ4n) is 4.02. The van der Waals surface area contributed by atoms with Crippen LogP contribution in [-0.4, -0.2) is 67.2 Å². The fraction of sp³-hybridized carbons (Fsp3) is 0.417. The SMILES string of the molecule is O=C(NC1CCN(Cc2ccccc2)CC1)c1ccc(NC(=O)N2CCOCC2)cc1. The number of hydrogen-bond donors (Lipinski definition) is 2. The van der Waals surface area contributed by atoms with Gasteiger partial charge in [0.2, 0.25) is 0 Å². The number of nitrogens with zero attached hydrogens (tertiary/aromatic N) is 2. The summed E-state index contributed by atoms with van der Waals surface area (Å²) in [7, 11) is 0. The zero-order valence-electron chi connectivity index (χ0n) is 17.8. The summed E-state index contributed by atoms with van der Waals surface area (Å²) in [6, 6.07) is 17.6. The van der Waals surface area contributed by atoms with E-state index in [0.717, 1.165) is 32.5 Å². The first-order valence-electron chi connectivity index (χ1n) is 11.0. The Kier molecular flexibility index (Phi) is 7.17. The maximum atomic E-state index is 12.6. The summed E-state index contributed by atoms with van der Waals surface area (Å²) in [6.45, 7) is 5.24. The van der Waals surface area contributed by atoms with Crippen molar-refractivity contribution in [2.45, 2.75) is 25.4 Å². The van der Waals surface area contributed by atoms with E-state index in [9.17, 15) is 9.59 Å². The number of nitrogens with one attached hydrogen (secondary N) is 2. The van der Waals surface area contributed by atoms with Crippen LogP contribution < -0.4 is 10.6 Å². The van der Waals surface area contributed by atoms with Crippen molar-refractivity contribution in [1.82, 2.24) is 15.1 Å². The number of likely N-dealkylation sites (tertiary alicyclic amines) is 1. The zero-order chi connectivity index (χ0) is 21.5. The summed E-state index contributed by atoms with van der Waals surface area (Å²) in [5.74, 6) is -0.0624. The molecule has 0 spiro atoms. The maximum Gasteiger partial charge on any atom is 0.321 e. The molecule has 2 aliphatic rings. The first-order chi connectivity index (χ1) is 15.2. The van der Waals surface area contributed by atoms with Gasteiger partial charge in [0, 0.05) is 50.0 Å². The number of anilines is 1. The number of benzene rings is 2. The maximum absolute atomic E-state index is 12.6. The molecule has 0 saturated carbocycles. The number of morpholine rings is 1. The van der Waals surface area contributed by atoms with Crippen LogP contribution in [0, 0.1) is 0 Å². The van der Waals surface area contributed by atoms with E-state index in [0.29, 0.717) is 37.6 Å². The van der Waals surface area contributed by atoms with Gasteiger partial charge < -0.3 is 20.3 Å². The van der Waals surface area contributed by atoms with E-state index >= 15 is 0 Å². The molecule has 3 amide bonds. The van der Waals surface area contributed by atoms with E-state index in [2.05, 4.69) is 39.8 Å². The smallest absolute Gasteiger partial charge is 0.321 e. The minimum atomic E-state index is -0.136. The molecule has 0 radical (unpaired) electrons. The number of amides is 3. The van der Waals surface area contributed by atoms with Gasteiger partial charge >= 0.3 is 6.03 Å². The number of urea groups is 1. The number of rotatable bonds is 5. The van der Waals surface area contributed by atoms with E-state index in [4.69, 9.17) is 4.74 Å². The molecule has 2 heterocycles. The molecule has 2 aliphatic heterocycles. The third kappa shape index (κ3) is 6.06. The zero-order valence-corrected chi connectivity index (χ0v) is 17.8. The van der Waals surface area contributed by atoms with E-state index in [1.807, 2.05) is 6.07 Å². The molecule has 2 aromatic carbocycles. The minimum absolute atomic E-state index is 0.0624. The van der Waals surface area contributed by atoms with Gasteiger partial charge in [-0.15, -0.1) is 0 Å². The predicted molar refractivity (Wildman–Crippen MR) is 120 cm³/mol.